The highest BCUT2D eigenvalue weighted by molar-refractivity contribution is 7.89. The largest absolute Gasteiger partial charge is 0.299 e. The van der Waals surface area contributed by atoms with Crippen LogP contribution in [0.2, 0.25) is 0 Å². The molecular formula is C7H8FNO3S. The summed E-state index contributed by atoms with van der Waals surface area (Å²) in [6.45, 7) is 0. The third-order valence-electron chi connectivity index (χ3n) is 1.46. The van der Waals surface area contributed by atoms with Gasteiger partial charge in [0.05, 0.1) is 4.90 Å². The van der Waals surface area contributed by atoms with Gasteiger partial charge in [0.25, 0.3) is 10.0 Å². The van der Waals surface area contributed by atoms with Crippen LogP contribution in [-0.2, 0) is 10.0 Å². The number of hydrogen-bond donors (Lipinski definition) is 1. The summed E-state index contributed by atoms with van der Waals surface area (Å²) in [4.78, 5) is -0.154. The van der Waals surface area contributed by atoms with E-state index in [1.807, 2.05) is 0 Å². The van der Waals surface area contributed by atoms with E-state index in [2.05, 4.69) is 0 Å². The molecule has 0 aliphatic carbocycles. The van der Waals surface area contributed by atoms with Crippen molar-refractivity contribution in [3.8, 4) is 0 Å². The standard InChI is InChI=1S/C7H8FNO3S/c1-9(10)13(11,12)7-4-2-6(8)3-5-7/h2-5,10H,1H3. The summed E-state index contributed by atoms with van der Waals surface area (Å²) in [7, 11) is -2.89. The van der Waals surface area contributed by atoms with E-state index in [-0.39, 0.29) is 9.36 Å². The molecule has 0 saturated carbocycles. The first-order valence-corrected chi connectivity index (χ1v) is 4.82. The normalized spacial score (nSPS) is 12.0. The first-order chi connectivity index (χ1) is 5.94. The van der Waals surface area contributed by atoms with Gasteiger partial charge in [0, 0.05) is 7.05 Å². The zero-order valence-corrected chi connectivity index (χ0v) is 7.62. The Bertz CT molecular complexity index is 385. The van der Waals surface area contributed by atoms with E-state index in [1.54, 1.807) is 0 Å². The molecule has 13 heavy (non-hydrogen) atoms. The van der Waals surface area contributed by atoms with Gasteiger partial charge in [-0.3, -0.25) is 5.21 Å². The molecule has 72 valence electrons. The van der Waals surface area contributed by atoms with Gasteiger partial charge in [-0.05, 0) is 24.3 Å². The summed E-state index contributed by atoms with van der Waals surface area (Å²) in [5.74, 6) is -0.528. The SMILES string of the molecule is CN(O)S(=O)(=O)c1ccc(F)cc1. The summed E-state index contributed by atoms with van der Waals surface area (Å²) >= 11 is 0. The van der Waals surface area contributed by atoms with E-state index >= 15 is 0 Å². The maximum absolute atomic E-state index is 12.4. The minimum absolute atomic E-state index is 0.0836. The molecule has 0 aliphatic rings. The Hall–Kier alpha value is -0.980. The van der Waals surface area contributed by atoms with Crippen LogP contribution in [0.5, 0.6) is 0 Å². The number of benzene rings is 1. The van der Waals surface area contributed by atoms with Crippen LogP contribution in [0.1, 0.15) is 0 Å². The zero-order valence-electron chi connectivity index (χ0n) is 6.81. The van der Waals surface area contributed by atoms with Gasteiger partial charge in [-0.15, -0.1) is 0 Å². The van der Waals surface area contributed by atoms with E-state index in [0.29, 0.717) is 0 Å². The van der Waals surface area contributed by atoms with E-state index in [4.69, 9.17) is 5.21 Å². The fraction of sp³-hybridized carbons (Fsp3) is 0.143. The average Bonchev–Trinajstić information content (AvgIpc) is 2.04. The van der Waals surface area contributed by atoms with Crippen LogP contribution < -0.4 is 0 Å². The van der Waals surface area contributed by atoms with Crippen molar-refractivity contribution in [1.29, 1.82) is 0 Å². The first-order valence-electron chi connectivity index (χ1n) is 3.38. The lowest BCUT2D eigenvalue weighted by Gasteiger charge is -2.08. The van der Waals surface area contributed by atoms with Crippen LogP contribution in [0.3, 0.4) is 0 Å². The Balaban J connectivity index is 3.17. The lowest BCUT2D eigenvalue weighted by atomic mass is 10.4. The van der Waals surface area contributed by atoms with Gasteiger partial charge in [0.2, 0.25) is 0 Å². The van der Waals surface area contributed by atoms with E-state index in [9.17, 15) is 12.8 Å². The van der Waals surface area contributed by atoms with Crippen molar-refractivity contribution in [3.05, 3.63) is 30.1 Å². The second-order valence-corrected chi connectivity index (χ2v) is 4.34. The highest BCUT2D eigenvalue weighted by Gasteiger charge is 2.18. The topological polar surface area (TPSA) is 57.6 Å². The number of rotatable bonds is 2. The molecule has 0 amide bonds. The molecule has 0 aromatic heterocycles. The molecule has 0 bridgehead atoms. The summed E-state index contributed by atoms with van der Waals surface area (Å²) in [6.07, 6.45) is 0. The molecule has 0 atom stereocenters. The summed E-state index contributed by atoms with van der Waals surface area (Å²) in [5.41, 5.74) is 0. The third-order valence-corrected chi connectivity index (χ3v) is 3.02. The Kier molecular flexibility index (Phi) is 2.65. The minimum Gasteiger partial charge on any atom is -0.299 e. The second-order valence-electron chi connectivity index (χ2n) is 2.39. The van der Waals surface area contributed by atoms with E-state index in [1.165, 1.54) is 0 Å². The Labute approximate surface area is 75.2 Å². The highest BCUT2D eigenvalue weighted by atomic mass is 32.2. The van der Waals surface area contributed by atoms with Crippen LogP contribution in [0.15, 0.2) is 29.2 Å². The van der Waals surface area contributed by atoms with Crippen molar-refractivity contribution >= 4 is 10.0 Å². The van der Waals surface area contributed by atoms with Crippen molar-refractivity contribution < 1.29 is 18.0 Å². The molecule has 1 aromatic carbocycles. The smallest absolute Gasteiger partial charge is 0.264 e. The quantitative estimate of drug-likeness (QED) is 0.728. The average molecular weight is 205 g/mol. The number of nitrogens with zero attached hydrogens (tertiary/aromatic N) is 1. The minimum atomic E-state index is -3.87. The van der Waals surface area contributed by atoms with Crippen molar-refractivity contribution in [3.63, 3.8) is 0 Å². The van der Waals surface area contributed by atoms with Gasteiger partial charge in [-0.2, -0.15) is 0 Å². The maximum atomic E-state index is 12.4. The van der Waals surface area contributed by atoms with Crippen LogP contribution in [0, 0.1) is 5.82 Å². The lowest BCUT2D eigenvalue weighted by molar-refractivity contribution is 0.0310. The molecule has 0 fully saturated rings. The predicted octanol–water partition coefficient (Wildman–Crippen LogP) is 0.835. The Morgan fingerprint density at radius 2 is 1.77 bits per heavy atom. The molecule has 0 unspecified atom stereocenters. The number of sulfonamides is 1. The number of hydroxylamine groups is 1. The molecule has 4 nitrogen and oxygen atoms in total. The Morgan fingerprint density at radius 1 is 1.31 bits per heavy atom. The Morgan fingerprint density at radius 3 is 2.15 bits per heavy atom. The molecule has 6 heteroatoms. The molecule has 1 N–H and O–H groups in total. The van der Waals surface area contributed by atoms with Gasteiger partial charge in [0.15, 0.2) is 0 Å². The van der Waals surface area contributed by atoms with E-state index in [0.717, 1.165) is 31.3 Å². The van der Waals surface area contributed by atoms with Crippen LogP contribution >= 0.6 is 0 Å². The first kappa shape index (κ1) is 10.1. The van der Waals surface area contributed by atoms with Crippen molar-refractivity contribution in [2.45, 2.75) is 4.90 Å². The van der Waals surface area contributed by atoms with Gasteiger partial charge in [0.1, 0.15) is 5.82 Å². The van der Waals surface area contributed by atoms with Crippen LogP contribution in [0.25, 0.3) is 0 Å². The van der Waals surface area contributed by atoms with E-state index < -0.39 is 15.8 Å². The van der Waals surface area contributed by atoms with Gasteiger partial charge in [-0.25, -0.2) is 12.8 Å². The molecule has 0 heterocycles. The third kappa shape index (κ3) is 2.03. The van der Waals surface area contributed by atoms with Gasteiger partial charge >= 0.3 is 0 Å². The molecule has 0 aliphatic heterocycles. The molecular weight excluding hydrogens is 197 g/mol. The molecule has 0 radical (unpaired) electrons. The summed E-state index contributed by atoms with van der Waals surface area (Å²) < 4.78 is 34.9. The maximum Gasteiger partial charge on any atom is 0.264 e. The fourth-order valence-corrected chi connectivity index (χ4v) is 1.54. The highest BCUT2D eigenvalue weighted by Crippen LogP contribution is 2.12. The monoisotopic (exact) mass is 205 g/mol. The van der Waals surface area contributed by atoms with Gasteiger partial charge in [-0.1, -0.05) is 4.47 Å². The predicted molar refractivity (Wildman–Crippen MR) is 43.1 cm³/mol. The van der Waals surface area contributed by atoms with Crippen LogP contribution in [0.4, 0.5) is 4.39 Å². The number of hydrogen-bond acceptors (Lipinski definition) is 3. The second kappa shape index (κ2) is 3.41. The number of halogens is 1. The fourth-order valence-electron chi connectivity index (χ4n) is 0.759. The van der Waals surface area contributed by atoms with Crippen molar-refractivity contribution in [2.75, 3.05) is 7.05 Å². The summed E-state index contributed by atoms with van der Waals surface area (Å²) in [5, 5.41) is 8.75. The van der Waals surface area contributed by atoms with Gasteiger partial charge < -0.3 is 0 Å². The van der Waals surface area contributed by atoms with Crippen molar-refractivity contribution in [1.82, 2.24) is 4.47 Å². The zero-order chi connectivity index (χ0) is 10.1. The molecule has 1 aromatic rings. The lowest BCUT2D eigenvalue weighted by Crippen LogP contribution is -2.22. The molecule has 0 spiro atoms. The van der Waals surface area contributed by atoms with Crippen molar-refractivity contribution in [2.24, 2.45) is 0 Å². The summed E-state index contributed by atoms with van der Waals surface area (Å²) in [6, 6.07) is 4.18. The molecule has 0 saturated heterocycles. The van der Waals surface area contributed by atoms with Crippen LogP contribution in [-0.4, -0.2) is 25.1 Å². The molecule has 1 rings (SSSR count).